The van der Waals surface area contributed by atoms with Crippen molar-refractivity contribution in [2.24, 2.45) is 5.92 Å². The quantitative estimate of drug-likeness (QED) is 0.461. The lowest BCUT2D eigenvalue weighted by Gasteiger charge is -2.31. The van der Waals surface area contributed by atoms with Gasteiger partial charge in [-0.15, -0.1) is 0 Å². The summed E-state index contributed by atoms with van der Waals surface area (Å²) in [6, 6.07) is 10.2. The number of phenolic OH excluding ortho intramolecular Hbond substituents is 1. The van der Waals surface area contributed by atoms with Gasteiger partial charge in [0.2, 0.25) is 5.91 Å². The van der Waals surface area contributed by atoms with E-state index in [1.54, 1.807) is 11.0 Å². The Labute approximate surface area is 194 Å². The van der Waals surface area contributed by atoms with Gasteiger partial charge < -0.3 is 24.6 Å². The maximum Gasteiger partial charge on any atom is 0.242 e. The summed E-state index contributed by atoms with van der Waals surface area (Å²) in [6.07, 6.45) is 0.886. The van der Waals surface area contributed by atoms with Crippen LogP contribution < -0.4 is 20.3 Å². The minimum atomic E-state index is -0.474. The van der Waals surface area contributed by atoms with E-state index in [2.05, 4.69) is 10.9 Å². The Kier molecular flexibility index (Phi) is 7.07. The van der Waals surface area contributed by atoms with Crippen LogP contribution in [0.2, 0.25) is 0 Å². The van der Waals surface area contributed by atoms with Gasteiger partial charge in [0.05, 0.1) is 31.9 Å². The average Bonchev–Trinajstić information content (AvgIpc) is 3.34. The SMILES string of the molecule is CCCOc1ccc(C2C3C(NNC3c3cc(C)ccc3O)C(=O)N2CCO)cc1OCC. The molecule has 0 aliphatic carbocycles. The van der Waals surface area contributed by atoms with Gasteiger partial charge in [-0.05, 0) is 44.0 Å². The molecule has 0 saturated carbocycles. The Morgan fingerprint density at radius 1 is 1.03 bits per heavy atom. The molecular weight excluding hydrogens is 422 g/mol. The molecule has 4 rings (SSSR count). The third-order valence-corrected chi connectivity index (χ3v) is 6.34. The molecule has 1 amide bonds. The van der Waals surface area contributed by atoms with Crippen molar-refractivity contribution in [1.82, 2.24) is 15.8 Å². The zero-order chi connectivity index (χ0) is 23.5. The van der Waals surface area contributed by atoms with Crippen LogP contribution in [-0.2, 0) is 4.79 Å². The van der Waals surface area contributed by atoms with Crippen LogP contribution in [0.5, 0.6) is 17.2 Å². The first-order valence-electron chi connectivity index (χ1n) is 11.6. The molecule has 178 valence electrons. The van der Waals surface area contributed by atoms with Gasteiger partial charge >= 0.3 is 0 Å². The highest BCUT2D eigenvalue weighted by Crippen LogP contribution is 2.49. The van der Waals surface area contributed by atoms with Crippen molar-refractivity contribution in [3.8, 4) is 17.2 Å². The van der Waals surface area contributed by atoms with Crippen molar-refractivity contribution in [3.63, 3.8) is 0 Å². The molecule has 4 atom stereocenters. The molecule has 0 radical (unpaired) electrons. The number of nitrogens with zero attached hydrogens (tertiary/aromatic N) is 1. The maximum absolute atomic E-state index is 13.3. The molecule has 8 heteroatoms. The molecule has 4 unspecified atom stereocenters. The highest BCUT2D eigenvalue weighted by molar-refractivity contribution is 5.86. The number of fused-ring (bicyclic) bond motifs is 1. The van der Waals surface area contributed by atoms with Crippen molar-refractivity contribution in [1.29, 1.82) is 0 Å². The second kappa shape index (κ2) is 9.99. The summed E-state index contributed by atoms with van der Waals surface area (Å²) in [4.78, 5) is 15.0. The average molecular weight is 456 g/mol. The van der Waals surface area contributed by atoms with Gasteiger partial charge in [0.15, 0.2) is 11.5 Å². The molecule has 8 nitrogen and oxygen atoms in total. The number of ether oxygens (including phenoxy) is 2. The molecular formula is C25H33N3O5. The van der Waals surface area contributed by atoms with Gasteiger partial charge in [-0.2, -0.15) is 0 Å². The van der Waals surface area contributed by atoms with E-state index in [1.165, 1.54) is 0 Å². The van der Waals surface area contributed by atoms with Gasteiger partial charge in [-0.25, -0.2) is 10.9 Å². The van der Waals surface area contributed by atoms with E-state index in [0.29, 0.717) is 24.7 Å². The molecule has 0 bridgehead atoms. The predicted molar refractivity (Wildman–Crippen MR) is 124 cm³/mol. The van der Waals surface area contributed by atoms with Crippen molar-refractivity contribution in [2.45, 2.75) is 45.3 Å². The molecule has 2 aliphatic rings. The molecule has 4 N–H and O–H groups in total. The van der Waals surface area contributed by atoms with Crippen LogP contribution in [0.4, 0.5) is 0 Å². The second-order valence-corrected chi connectivity index (χ2v) is 8.57. The number of amides is 1. The fourth-order valence-electron chi connectivity index (χ4n) is 4.95. The third-order valence-electron chi connectivity index (χ3n) is 6.34. The molecule has 0 spiro atoms. The first-order chi connectivity index (χ1) is 16.0. The lowest BCUT2D eigenvalue weighted by atomic mass is 9.82. The topological polar surface area (TPSA) is 103 Å². The summed E-state index contributed by atoms with van der Waals surface area (Å²) in [7, 11) is 0. The van der Waals surface area contributed by atoms with Gasteiger partial charge in [0.25, 0.3) is 0 Å². The Morgan fingerprint density at radius 3 is 2.55 bits per heavy atom. The number of hydrogen-bond donors (Lipinski definition) is 4. The third kappa shape index (κ3) is 4.38. The largest absolute Gasteiger partial charge is 0.508 e. The van der Waals surface area contributed by atoms with E-state index in [1.807, 2.05) is 51.1 Å². The van der Waals surface area contributed by atoms with Crippen LogP contribution in [0.15, 0.2) is 36.4 Å². The minimum Gasteiger partial charge on any atom is -0.508 e. The molecule has 2 aromatic carbocycles. The lowest BCUT2D eigenvalue weighted by Crippen LogP contribution is -2.42. The summed E-state index contributed by atoms with van der Waals surface area (Å²) >= 11 is 0. The number of rotatable bonds is 9. The van der Waals surface area contributed by atoms with Crippen molar-refractivity contribution >= 4 is 5.91 Å². The van der Waals surface area contributed by atoms with Crippen LogP contribution >= 0.6 is 0 Å². The van der Waals surface area contributed by atoms with Crippen LogP contribution in [0.25, 0.3) is 0 Å². The maximum atomic E-state index is 13.3. The van der Waals surface area contributed by atoms with E-state index < -0.39 is 6.04 Å². The van der Waals surface area contributed by atoms with E-state index >= 15 is 0 Å². The van der Waals surface area contributed by atoms with E-state index in [4.69, 9.17) is 9.47 Å². The van der Waals surface area contributed by atoms with Crippen molar-refractivity contribution in [3.05, 3.63) is 53.1 Å². The highest BCUT2D eigenvalue weighted by Gasteiger charge is 2.55. The molecule has 2 aromatic rings. The zero-order valence-electron chi connectivity index (χ0n) is 19.4. The number of carbonyl (C=O) groups is 1. The molecule has 2 saturated heterocycles. The number of hydrazine groups is 1. The molecule has 33 heavy (non-hydrogen) atoms. The first-order valence-corrected chi connectivity index (χ1v) is 11.6. The molecule has 2 aliphatic heterocycles. The minimum absolute atomic E-state index is 0.0783. The van der Waals surface area contributed by atoms with E-state index in [9.17, 15) is 15.0 Å². The number of aryl methyl sites for hydroxylation is 1. The summed E-state index contributed by atoms with van der Waals surface area (Å²) in [5, 5.41) is 20.3. The number of phenols is 1. The number of aromatic hydroxyl groups is 1. The lowest BCUT2D eigenvalue weighted by molar-refractivity contribution is -0.131. The fourth-order valence-corrected chi connectivity index (χ4v) is 4.95. The van der Waals surface area contributed by atoms with Gasteiger partial charge in [-0.3, -0.25) is 4.79 Å². The summed E-state index contributed by atoms with van der Waals surface area (Å²) < 4.78 is 11.7. The summed E-state index contributed by atoms with van der Waals surface area (Å²) in [5.74, 6) is 1.22. The Bertz CT molecular complexity index is 998. The number of likely N-dealkylation sites (tertiary alicyclic amines) is 1. The smallest absolute Gasteiger partial charge is 0.242 e. The Balaban J connectivity index is 1.77. The van der Waals surface area contributed by atoms with Crippen molar-refractivity contribution < 1.29 is 24.5 Å². The second-order valence-electron chi connectivity index (χ2n) is 8.57. The Hall–Kier alpha value is -2.81. The number of carbonyl (C=O) groups excluding carboxylic acids is 1. The van der Waals surface area contributed by atoms with Crippen LogP contribution in [0.1, 0.15) is 49.0 Å². The fraction of sp³-hybridized carbons (Fsp3) is 0.480. The zero-order valence-corrected chi connectivity index (χ0v) is 19.4. The highest BCUT2D eigenvalue weighted by atomic mass is 16.5. The van der Waals surface area contributed by atoms with Gasteiger partial charge in [0, 0.05) is 18.0 Å². The monoisotopic (exact) mass is 455 g/mol. The van der Waals surface area contributed by atoms with Crippen LogP contribution in [0, 0.1) is 12.8 Å². The van der Waals surface area contributed by atoms with Crippen molar-refractivity contribution in [2.75, 3.05) is 26.4 Å². The number of benzene rings is 2. The number of hydrogen-bond acceptors (Lipinski definition) is 7. The van der Waals surface area contributed by atoms with E-state index in [-0.39, 0.29) is 42.8 Å². The first kappa shape index (κ1) is 23.4. The van der Waals surface area contributed by atoms with Gasteiger partial charge in [0.1, 0.15) is 11.8 Å². The Morgan fingerprint density at radius 2 is 1.82 bits per heavy atom. The van der Waals surface area contributed by atoms with E-state index in [0.717, 1.165) is 23.1 Å². The standard InChI is InChI=1S/C25H33N3O5/c1-4-12-33-19-9-7-16(14-20(19)32-5-2)24-21-22(17-13-15(3)6-8-18(17)30)26-27-23(21)25(31)28(24)10-11-29/h6-9,13-14,21-24,26-27,29-30H,4-5,10-12H2,1-3H3. The number of nitrogens with one attached hydrogen (secondary N) is 2. The number of β-amino-alcohol motifs (C(OH)–C–C–N with tert-alkyl or cyclic N) is 1. The van der Waals surface area contributed by atoms with Gasteiger partial charge in [-0.1, -0.05) is 30.7 Å². The molecule has 0 aromatic heterocycles. The summed E-state index contributed by atoms with van der Waals surface area (Å²) in [6.45, 7) is 7.11. The van der Waals surface area contributed by atoms with Crippen LogP contribution in [0.3, 0.4) is 0 Å². The number of aliphatic hydroxyl groups is 1. The summed E-state index contributed by atoms with van der Waals surface area (Å²) in [5.41, 5.74) is 9.05. The van der Waals surface area contributed by atoms with Crippen LogP contribution in [-0.4, -0.2) is 53.4 Å². The normalized spacial score (nSPS) is 24.2. The predicted octanol–water partition coefficient (Wildman–Crippen LogP) is 2.60. The number of aliphatic hydroxyl groups excluding tert-OH is 1. The molecule has 2 heterocycles. The molecule has 2 fully saturated rings.